The van der Waals surface area contributed by atoms with Crippen molar-refractivity contribution >= 4 is 17.5 Å². The van der Waals surface area contributed by atoms with E-state index in [-0.39, 0.29) is 11.8 Å². The van der Waals surface area contributed by atoms with Crippen LogP contribution in [0.3, 0.4) is 0 Å². The van der Waals surface area contributed by atoms with Gasteiger partial charge in [0.05, 0.1) is 18.8 Å². The lowest BCUT2D eigenvalue weighted by atomic mass is 10.0. The van der Waals surface area contributed by atoms with Crippen LogP contribution in [0.5, 0.6) is 5.75 Å². The molecule has 17 heavy (non-hydrogen) atoms. The highest BCUT2D eigenvalue weighted by Crippen LogP contribution is 2.23. The highest BCUT2D eigenvalue weighted by molar-refractivity contribution is 6.18. The molecule has 1 atom stereocenters. The first kappa shape index (κ1) is 11.6. The van der Waals surface area contributed by atoms with Crippen molar-refractivity contribution < 1.29 is 14.3 Å². The van der Waals surface area contributed by atoms with Crippen LogP contribution in [-0.2, 0) is 9.59 Å². The number of methoxy groups -OCH3 is 1. The molecule has 5 heteroatoms. The smallest absolute Gasteiger partial charge is 0.250 e. The van der Waals surface area contributed by atoms with Crippen LogP contribution in [-0.4, -0.2) is 25.0 Å². The Morgan fingerprint density at radius 3 is 2.53 bits per heavy atom. The van der Waals surface area contributed by atoms with E-state index >= 15 is 0 Å². The average molecular weight is 234 g/mol. The number of carbonyl (C=O) groups excluding carboxylic acids is 2. The number of hydrogen-bond donors (Lipinski definition) is 1. The number of rotatable bonds is 2. The van der Waals surface area contributed by atoms with Crippen molar-refractivity contribution in [3.05, 3.63) is 24.3 Å². The van der Waals surface area contributed by atoms with Crippen LogP contribution in [0.25, 0.3) is 0 Å². The lowest BCUT2D eigenvalue weighted by molar-refractivity contribution is -0.130. The minimum absolute atomic E-state index is 0.207. The lowest BCUT2D eigenvalue weighted by Crippen LogP contribution is -2.51. The molecule has 5 nitrogen and oxygen atoms in total. The Morgan fingerprint density at radius 2 is 1.94 bits per heavy atom. The molecule has 1 heterocycles. The van der Waals surface area contributed by atoms with Crippen molar-refractivity contribution in [3.8, 4) is 5.75 Å². The standard InChI is InChI=1S/C12H14N2O3/c1-17-9-4-2-8(3-5-9)14-11(15)7-6-10(13)12(14)16/h2-5,10H,6-7,13H2,1H3/t10-/m0/s1. The summed E-state index contributed by atoms with van der Waals surface area (Å²) in [5.74, 6) is 0.128. The highest BCUT2D eigenvalue weighted by Gasteiger charge is 2.32. The Labute approximate surface area is 99.2 Å². The molecular weight excluding hydrogens is 220 g/mol. The molecule has 0 aromatic heterocycles. The zero-order valence-corrected chi connectivity index (χ0v) is 9.55. The van der Waals surface area contributed by atoms with Gasteiger partial charge in [-0.15, -0.1) is 0 Å². The van der Waals surface area contributed by atoms with Gasteiger partial charge < -0.3 is 10.5 Å². The SMILES string of the molecule is COc1ccc(N2C(=O)CC[C@H](N)C2=O)cc1. The largest absolute Gasteiger partial charge is 0.497 e. The monoisotopic (exact) mass is 234 g/mol. The number of benzene rings is 1. The Kier molecular flexibility index (Phi) is 3.10. The molecule has 1 aliphatic heterocycles. The minimum atomic E-state index is -0.588. The summed E-state index contributed by atoms with van der Waals surface area (Å²) in [7, 11) is 1.56. The second-order valence-electron chi connectivity index (χ2n) is 3.91. The third-order valence-corrected chi connectivity index (χ3v) is 2.79. The number of anilines is 1. The fraction of sp³-hybridized carbons (Fsp3) is 0.333. The van der Waals surface area contributed by atoms with Crippen molar-refractivity contribution in [2.24, 2.45) is 5.73 Å². The lowest BCUT2D eigenvalue weighted by Gasteiger charge is -2.28. The number of hydrogen-bond acceptors (Lipinski definition) is 4. The fourth-order valence-electron chi connectivity index (χ4n) is 1.81. The van der Waals surface area contributed by atoms with E-state index in [2.05, 4.69) is 0 Å². The van der Waals surface area contributed by atoms with E-state index in [1.54, 1.807) is 31.4 Å². The molecule has 2 N–H and O–H groups in total. The molecule has 0 aliphatic carbocycles. The number of imide groups is 1. The second-order valence-corrected chi connectivity index (χ2v) is 3.91. The van der Waals surface area contributed by atoms with Crippen molar-refractivity contribution in [1.29, 1.82) is 0 Å². The van der Waals surface area contributed by atoms with E-state index in [1.165, 1.54) is 0 Å². The molecule has 0 bridgehead atoms. The van der Waals surface area contributed by atoms with Crippen LogP contribution in [0.2, 0.25) is 0 Å². The Balaban J connectivity index is 2.29. The molecule has 0 unspecified atom stereocenters. The summed E-state index contributed by atoms with van der Waals surface area (Å²) in [5, 5.41) is 0. The van der Waals surface area contributed by atoms with E-state index in [4.69, 9.17) is 10.5 Å². The van der Waals surface area contributed by atoms with Gasteiger partial charge in [-0.05, 0) is 30.7 Å². The second kappa shape index (κ2) is 4.55. The first-order valence-corrected chi connectivity index (χ1v) is 5.40. The normalized spacial score (nSPS) is 20.6. The van der Waals surface area contributed by atoms with Gasteiger partial charge in [-0.3, -0.25) is 9.59 Å². The van der Waals surface area contributed by atoms with Gasteiger partial charge >= 0.3 is 0 Å². The summed E-state index contributed by atoms with van der Waals surface area (Å²) in [4.78, 5) is 24.7. The van der Waals surface area contributed by atoms with Crippen molar-refractivity contribution in [2.75, 3.05) is 12.0 Å². The van der Waals surface area contributed by atoms with Gasteiger partial charge in [0.2, 0.25) is 5.91 Å². The summed E-state index contributed by atoms with van der Waals surface area (Å²) < 4.78 is 5.02. The summed E-state index contributed by atoms with van der Waals surface area (Å²) in [6, 6.07) is 6.17. The highest BCUT2D eigenvalue weighted by atomic mass is 16.5. The van der Waals surface area contributed by atoms with Crippen LogP contribution in [0.4, 0.5) is 5.69 Å². The van der Waals surface area contributed by atoms with E-state index in [1.807, 2.05) is 0 Å². The molecule has 0 saturated carbocycles. The topological polar surface area (TPSA) is 72.6 Å². The minimum Gasteiger partial charge on any atom is -0.497 e. The maximum Gasteiger partial charge on any atom is 0.250 e. The number of amides is 2. The molecule has 1 aliphatic rings. The Hall–Kier alpha value is -1.88. The van der Waals surface area contributed by atoms with E-state index < -0.39 is 6.04 Å². The Bertz CT molecular complexity index is 442. The molecule has 1 aromatic carbocycles. The van der Waals surface area contributed by atoms with Crippen LogP contribution < -0.4 is 15.4 Å². The number of carbonyl (C=O) groups is 2. The quantitative estimate of drug-likeness (QED) is 0.763. The predicted molar refractivity (Wildman–Crippen MR) is 62.7 cm³/mol. The Morgan fingerprint density at radius 1 is 1.29 bits per heavy atom. The molecule has 2 amide bonds. The van der Waals surface area contributed by atoms with Gasteiger partial charge in [0, 0.05) is 6.42 Å². The summed E-state index contributed by atoms with van der Waals surface area (Å²) >= 11 is 0. The predicted octanol–water partition coefficient (Wildman–Crippen LogP) is 0.676. The first-order valence-electron chi connectivity index (χ1n) is 5.40. The molecule has 1 saturated heterocycles. The molecule has 0 radical (unpaired) electrons. The average Bonchev–Trinajstić information content (AvgIpc) is 2.35. The van der Waals surface area contributed by atoms with Crippen LogP contribution in [0.1, 0.15) is 12.8 Å². The number of nitrogens with zero attached hydrogens (tertiary/aromatic N) is 1. The maximum atomic E-state index is 11.8. The van der Waals surface area contributed by atoms with Crippen molar-refractivity contribution in [2.45, 2.75) is 18.9 Å². The summed E-state index contributed by atoms with van der Waals surface area (Å²) in [6.45, 7) is 0. The molecule has 90 valence electrons. The van der Waals surface area contributed by atoms with Gasteiger partial charge in [0.1, 0.15) is 5.75 Å². The van der Waals surface area contributed by atoms with Gasteiger partial charge in [0.15, 0.2) is 0 Å². The molecule has 2 rings (SSSR count). The molecule has 1 fully saturated rings. The molecule has 0 spiro atoms. The number of ether oxygens (including phenoxy) is 1. The van der Waals surface area contributed by atoms with Crippen LogP contribution >= 0.6 is 0 Å². The van der Waals surface area contributed by atoms with Crippen LogP contribution in [0.15, 0.2) is 24.3 Å². The van der Waals surface area contributed by atoms with Gasteiger partial charge in [-0.2, -0.15) is 0 Å². The maximum absolute atomic E-state index is 11.8. The van der Waals surface area contributed by atoms with Crippen molar-refractivity contribution in [1.82, 2.24) is 0 Å². The molecule has 1 aromatic rings. The first-order chi connectivity index (χ1) is 8.13. The summed E-state index contributed by atoms with van der Waals surface area (Å²) in [5.41, 5.74) is 6.19. The zero-order chi connectivity index (χ0) is 12.4. The fourth-order valence-corrected chi connectivity index (χ4v) is 1.81. The summed E-state index contributed by atoms with van der Waals surface area (Å²) in [6.07, 6.45) is 0.725. The van der Waals surface area contributed by atoms with Gasteiger partial charge in [-0.25, -0.2) is 4.90 Å². The van der Waals surface area contributed by atoms with Crippen LogP contribution in [0, 0.1) is 0 Å². The van der Waals surface area contributed by atoms with E-state index in [0.717, 1.165) is 4.90 Å². The van der Waals surface area contributed by atoms with Crippen molar-refractivity contribution in [3.63, 3.8) is 0 Å². The molecular formula is C12H14N2O3. The number of piperidine rings is 1. The third-order valence-electron chi connectivity index (χ3n) is 2.79. The van der Waals surface area contributed by atoms with E-state index in [9.17, 15) is 9.59 Å². The van der Waals surface area contributed by atoms with E-state index in [0.29, 0.717) is 24.3 Å². The van der Waals surface area contributed by atoms with Gasteiger partial charge in [-0.1, -0.05) is 0 Å². The number of nitrogens with two attached hydrogens (primary N) is 1. The third kappa shape index (κ3) is 2.14. The van der Waals surface area contributed by atoms with Gasteiger partial charge in [0.25, 0.3) is 5.91 Å². The zero-order valence-electron chi connectivity index (χ0n) is 9.55.